The Kier molecular flexibility index (Phi) is 12.6. The molecule has 0 saturated heterocycles. The van der Waals surface area contributed by atoms with E-state index in [1.54, 1.807) is 0 Å². The average molecular weight is 265 g/mol. The maximum atomic E-state index is 5.99. The first kappa shape index (κ1) is 16.6. The second-order valence-electron chi connectivity index (χ2n) is 4.37. The molecule has 0 aromatic carbocycles. The molecule has 0 amide bonds. The number of hydrogen-bond donors (Lipinski definition) is 2. The van der Waals surface area contributed by atoms with E-state index in [1.807, 2.05) is 21.6 Å². The molecule has 4 N–H and O–H groups in total. The summed E-state index contributed by atoms with van der Waals surface area (Å²) in [5.41, 5.74) is 12.0. The van der Waals surface area contributed by atoms with E-state index < -0.39 is 0 Å². The summed E-state index contributed by atoms with van der Waals surface area (Å²) in [6.45, 7) is 4.42. The topological polar surface area (TPSA) is 52.0 Å². The normalized spacial score (nSPS) is 15.0. The molecule has 0 fully saturated rings. The highest BCUT2D eigenvalue weighted by Crippen LogP contribution is 2.24. The first-order chi connectivity index (χ1) is 7.70. The van der Waals surface area contributed by atoms with E-state index in [0.29, 0.717) is 12.1 Å². The minimum atomic E-state index is 0.365. The molecule has 0 aliphatic carbocycles. The lowest BCUT2D eigenvalue weighted by Gasteiger charge is -2.12. The Balaban J connectivity index is 3.24. The van der Waals surface area contributed by atoms with Gasteiger partial charge in [0.15, 0.2) is 0 Å². The molecule has 0 heterocycles. The van der Waals surface area contributed by atoms with Crippen LogP contribution >= 0.6 is 21.6 Å². The molecule has 0 bridgehead atoms. The zero-order valence-corrected chi connectivity index (χ0v) is 12.4. The fourth-order valence-electron chi connectivity index (χ4n) is 1.37. The second kappa shape index (κ2) is 12.1. The average Bonchev–Trinajstić information content (AvgIpc) is 2.29. The van der Waals surface area contributed by atoms with E-state index >= 15 is 0 Å². The van der Waals surface area contributed by atoms with E-state index in [4.69, 9.17) is 11.5 Å². The largest absolute Gasteiger partial charge is 0.327 e. The highest BCUT2D eigenvalue weighted by atomic mass is 33.1. The smallest absolute Gasteiger partial charge is 0.0189 e. The molecule has 0 radical (unpaired) electrons. The highest BCUT2D eigenvalue weighted by Gasteiger charge is 2.05. The number of unbranched alkanes of at least 4 members (excludes halogenated alkanes) is 2. The Hall–Kier alpha value is 0.620. The first-order valence-electron chi connectivity index (χ1n) is 6.46. The lowest BCUT2D eigenvalue weighted by atomic mass is 10.2. The van der Waals surface area contributed by atoms with Crippen LogP contribution in [0.4, 0.5) is 0 Å². The third kappa shape index (κ3) is 11.1. The van der Waals surface area contributed by atoms with Crippen LogP contribution in [0.15, 0.2) is 0 Å². The van der Waals surface area contributed by atoms with Crippen molar-refractivity contribution in [3.05, 3.63) is 0 Å². The summed E-state index contributed by atoms with van der Waals surface area (Å²) in [7, 11) is 3.77. The molecule has 2 atom stereocenters. The van der Waals surface area contributed by atoms with Gasteiger partial charge in [0, 0.05) is 23.6 Å². The van der Waals surface area contributed by atoms with Crippen molar-refractivity contribution >= 4 is 21.6 Å². The SMILES string of the molecule is CCCC[C@@H](N)CSSC[C@H](N)CCCC. The van der Waals surface area contributed by atoms with Crippen molar-refractivity contribution in [1.29, 1.82) is 0 Å². The van der Waals surface area contributed by atoms with E-state index in [-0.39, 0.29) is 0 Å². The summed E-state index contributed by atoms with van der Waals surface area (Å²) < 4.78 is 0. The van der Waals surface area contributed by atoms with Crippen molar-refractivity contribution in [2.75, 3.05) is 11.5 Å². The molecule has 0 rings (SSSR count). The molecule has 98 valence electrons. The van der Waals surface area contributed by atoms with Crippen LogP contribution in [0.3, 0.4) is 0 Å². The van der Waals surface area contributed by atoms with Gasteiger partial charge in [-0.25, -0.2) is 0 Å². The number of hydrogen-bond acceptors (Lipinski definition) is 4. The molecule has 0 spiro atoms. The van der Waals surface area contributed by atoms with Crippen molar-refractivity contribution in [2.45, 2.75) is 64.5 Å². The summed E-state index contributed by atoms with van der Waals surface area (Å²) in [6.07, 6.45) is 7.31. The predicted molar refractivity (Wildman–Crippen MR) is 79.9 cm³/mol. The fourth-order valence-corrected chi connectivity index (χ4v) is 3.87. The summed E-state index contributed by atoms with van der Waals surface area (Å²) in [4.78, 5) is 0. The van der Waals surface area contributed by atoms with Crippen molar-refractivity contribution in [1.82, 2.24) is 0 Å². The van der Waals surface area contributed by atoms with Crippen LogP contribution in [0.1, 0.15) is 52.4 Å². The maximum absolute atomic E-state index is 5.99. The van der Waals surface area contributed by atoms with Crippen LogP contribution < -0.4 is 11.5 Å². The predicted octanol–water partition coefficient (Wildman–Crippen LogP) is 3.40. The zero-order valence-electron chi connectivity index (χ0n) is 10.8. The third-order valence-corrected chi connectivity index (χ3v) is 5.12. The lowest BCUT2D eigenvalue weighted by Crippen LogP contribution is -2.23. The Bertz CT molecular complexity index is 129. The molecule has 2 nitrogen and oxygen atoms in total. The van der Waals surface area contributed by atoms with Crippen LogP contribution in [0.5, 0.6) is 0 Å². The van der Waals surface area contributed by atoms with Gasteiger partial charge >= 0.3 is 0 Å². The van der Waals surface area contributed by atoms with E-state index in [0.717, 1.165) is 24.3 Å². The van der Waals surface area contributed by atoms with Crippen molar-refractivity contribution in [2.24, 2.45) is 11.5 Å². The Labute approximate surface area is 109 Å². The Morgan fingerprint density at radius 1 is 0.812 bits per heavy atom. The molecular weight excluding hydrogens is 236 g/mol. The van der Waals surface area contributed by atoms with Gasteiger partial charge in [0.2, 0.25) is 0 Å². The van der Waals surface area contributed by atoms with Gasteiger partial charge in [-0.05, 0) is 12.8 Å². The summed E-state index contributed by atoms with van der Waals surface area (Å²) >= 11 is 0. The van der Waals surface area contributed by atoms with Gasteiger partial charge in [0.25, 0.3) is 0 Å². The molecule has 0 unspecified atom stereocenters. The van der Waals surface area contributed by atoms with Gasteiger partial charge in [0.05, 0.1) is 0 Å². The van der Waals surface area contributed by atoms with Gasteiger partial charge in [0.1, 0.15) is 0 Å². The van der Waals surface area contributed by atoms with E-state index in [1.165, 1.54) is 25.7 Å². The van der Waals surface area contributed by atoms with Crippen LogP contribution in [0, 0.1) is 0 Å². The minimum absolute atomic E-state index is 0.365. The monoisotopic (exact) mass is 264 g/mol. The Morgan fingerprint density at radius 2 is 1.19 bits per heavy atom. The van der Waals surface area contributed by atoms with Gasteiger partial charge < -0.3 is 11.5 Å². The molecule has 0 aliphatic heterocycles. The summed E-state index contributed by atoms with van der Waals surface area (Å²) in [5.74, 6) is 2.12. The van der Waals surface area contributed by atoms with Crippen molar-refractivity contribution in [3.8, 4) is 0 Å². The first-order valence-corrected chi connectivity index (χ1v) is 8.95. The quantitative estimate of drug-likeness (QED) is 0.443. The molecule has 4 heteroatoms. The molecule has 0 aromatic rings. The summed E-state index contributed by atoms with van der Waals surface area (Å²) in [5, 5.41) is 0. The number of nitrogens with two attached hydrogens (primary N) is 2. The molecule has 16 heavy (non-hydrogen) atoms. The van der Waals surface area contributed by atoms with Crippen molar-refractivity contribution in [3.63, 3.8) is 0 Å². The van der Waals surface area contributed by atoms with Gasteiger partial charge in [-0.2, -0.15) is 0 Å². The standard InChI is InChI=1S/C12H28N2S2/c1-3-5-7-11(13)9-15-16-10-12(14)8-6-4-2/h11-12H,3-10,13-14H2,1-2H3/t11-,12-/m1/s1. The lowest BCUT2D eigenvalue weighted by molar-refractivity contribution is 0.621. The minimum Gasteiger partial charge on any atom is -0.327 e. The van der Waals surface area contributed by atoms with Crippen molar-refractivity contribution < 1.29 is 0 Å². The van der Waals surface area contributed by atoms with E-state index in [9.17, 15) is 0 Å². The van der Waals surface area contributed by atoms with Crippen LogP contribution in [0.25, 0.3) is 0 Å². The molecule has 0 aliphatic rings. The maximum Gasteiger partial charge on any atom is 0.0189 e. The molecule has 0 aromatic heterocycles. The Morgan fingerprint density at radius 3 is 1.50 bits per heavy atom. The van der Waals surface area contributed by atoms with Crippen LogP contribution in [-0.4, -0.2) is 23.6 Å². The fraction of sp³-hybridized carbons (Fsp3) is 1.00. The molecule has 0 saturated carbocycles. The highest BCUT2D eigenvalue weighted by molar-refractivity contribution is 8.76. The molecular formula is C12H28N2S2. The number of rotatable bonds is 11. The summed E-state index contributed by atoms with van der Waals surface area (Å²) in [6, 6.07) is 0.730. The van der Waals surface area contributed by atoms with E-state index in [2.05, 4.69) is 13.8 Å². The van der Waals surface area contributed by atoms with Gasteiger partial charge in [-0.3, -0.25) is 0 Å². The van der Waals surface area contributed by atoms with Gasteiger partial charge in [-0.15, -0.1) is 0 Å². The van der Waals surface area contributed by atoms with Crippen LogP contribution in [-0.2, 0) is 0 Å². The van der Waals surface area contributed by atoms with Gasteiger partial charge in [-0.1, -0.05) is 61.1 Å². The zero-order chi connectivity index (χ0) is 12.2. The third-order valence-electron chi connectivity index (χ3n) is 2.50. The van der Waals surface area contributed by atoms with Crippen LogP contribution in [0.2, 0.25) is 0 Å². The second-order valence-corrected chi connectivity index (χ2v) is 6.93.